The van der Waals surface area contributed by atoms with Crippen LogP contribution in [0, 0.1) is 0 Å². The first-order chi connectivity index (χ1) is 13.2. The van der Waals surface area contributed by atoms with Gasteiger partial charge in [-0.05, 0) is 38.3 Å². The van der Waals surface area contributed by atoms with E-state index in [9.17, 15) is 9.90 Å². The predicted octanol–water partition coefficient (Wildman–Crippen LogP) is 3.42. The van der Waals surface area contributed by atoms with E-state index < -0.39 is 11.7 Å². The van der Waals surface area contributed by atoms with Crippen LogP contribution in [-0.4, -0.2) is 65.3 Å². The molecule has 0 aliphatic carbocycles. The van der Waals surface area contributed by atoms with Gasteiger partial charge in [-0.25, -0.2) is 4.79 Å². The first-order valence-corrected chi connectivity index (χ1v) is 10.2. The van der Waals surface area contributed by atoms with Crippen LogP contribution in [0.3, 0.4) is 0 Å². The molecular weight excluding hydrogens is 503 g/mol. The van der Waals surface area contributed by atoms with E-state index in [0.717, 1.165) is 15.0 Å². The van der Waals surface area contributed by atoms with Crippen LogP contribution in [-0.2, 0) is 4.74 Å². The molecule has 1 aliphatic heterocycles. The van der Waals surface area contributed by atoms with Gasteiger partial charge in [0.25, 0.3) is 0 Å². The smallest absolute Gasteiger partial charge is 0.410 e. The lowest BCUT2D eigenvalue weighted by Crippen LogP contribution is -2.53. The fraction of sp³-hybridized carbons (Fsp3) is 0.500. The second-order valence-corrected chi connectivity index (χ2v) is 8.97. The number of carbonyl (C=O) groups is 1. The van der Waals surface area contributed by atoms with Crippen molar-refractivity contribution >= 4 is 57.5 Å². The highest BCUT2D eigenvalue weighted by atomic mass is 127. The number of aliphatic imine (C=N–C) groups is 1. The Morgan fingerprint density at radius 2 is 1.86 bits per heavy atom. The van der Waals surface area contributed by atoms with E-state index in [1.807, 2.05) is 56.0 Å². The van der Waals surface area contributed by atoms with Gasteiger partial charge in [-0.1, -0.05) is 18.2 Å². The minimum atomic E-state index is -0.681. The van der Waals surface area contributed by atoms with Gasteiger partial charge in [0.2, 0.25) is 0 Å². The number of ether oxygens (including phenoxy) is 1. The Bertz CT molecular complexity index is 824. The molecule has 160 valence electrons. The molecule has 9 heteroatoms. The number of amides is 1. The van der Waals surface area contributed by atoms with Gasteiger partial charge in [0, 0.05) is 35.8 Å². The number of fused-ring (bicyclic) bond motifs is 1. The van der Waals surface area contributed by atoms with Crippen molar-refractivity contribution in [2.24, 2.45) is 10.7 Å². The van der Waals surface area contributed by atoms with Crippen molar-refractivity contribution in [3.63, 3.8) is 0 Å². The lowest BCUT2D eigenvalue weighted by Gasteiger charge is -2.36. The summed E-state index contributed by atoms with van der Waals surface area (Å²) in [6, 6.07) is 10.0. The van der Waals surface area contributed by atoms with E-state index in [1.54, 1.807) is 16.2 Å². The zero-order valence-electron chi connectivity index (χ0n) is 17.0. The standard InChI is InChI=1S/C20H28N4O3S.HI/c1-20(2,3)27-19(26)24-10-8-23(9-11-24)18(21)22-13-15(25)17-12-14-6-4-5-7-16(14)28-17;/h4-7,12,15,25H,8-11,13H2,1-3H3,(H2,21,22);1H. The molecule has 29 heavy (non-hydrogen) atoms. The van der Waals surface area contributed by atoms with Crippen molar-refractivity contribution in [2.75, 3.05) is 32.7 Å². The van der Waals surface area contributed by atoms with Gasteiger partial charge in [-0.2, -0.15) is 0 Å². The Labute approximate surface area is 192 Å². The number of thiophene rings is 1. The second kappa shape index (κ2) is 9.94. The summed E-state index contributed by atoms with van der Waals surface area (Å²) in [5.41, 5.74) is 5.60. The van der Waals surface area contributed by atoms with Crippen molar-refractivity contribution in [1.82, 2.24) is 9.80 Å². The Kier molecular flexibility index (Phi) is 8.12. The lowest BCUT2D eigenvalue weighted by atomic mass is 10.2. The van der Waals surface area contributed by atoms with Crippen molar-refractivity contribution in [3.05, 3.63) is 35.2 Å². The van der Waals surface area contributed by atoms with Crippen LogP contribution in [0.15, 0.2) is 35.3 Å². The highest BCUT2D eigenvalue weighted by molar-refractivity contribution is 14.0. The largest absolute Gasteiger partial charge is 0.444 e. The number of aliphatic hydroxyl groups excluding tert-OH is 1. The molecule has 2 aromatic rings. The van der Waals surface area contributed by atoms with Crippen LogP contribution >= 0.6 is 35.3 Å². The van der Waals surface area contributed by atoms with Gasteiger partial charge in [-0.15, -0.1) is 35.3 Å². The maximum absolute atomic E-state index is 12.1. The number of aliphatic hydroxyl groups is 1. The number of halogens is 1. The molecule has 1 atom stereocenters. The zero-order chi connectivity index (χ0) is 20.3. The molecule has 1 fully saturated rings. The number of piperazine rings is 1. The molecule has 0 bridgehead atoms. The number of rotatable bonds is 3. The van der Waals surface area contributed by atoms with Gasteiger partial charge >= 0.3 is 6.09 Å². The van der Waals surface area contributed by atoms with E-state index in [0.29, 0.717) is 32.1 Å². The fourth-order valence-corrected chi connectivity index (χ4v) is 4.02. The van der Waals surface area contributed by atoms with Crippen LogP contribution in [0.5, 0.6) is 0 Å². The van der Waals surface area contributed by atoms with Crippen molar-refractivity contribution < 1.29 is 14.6 Å². The van der Waals surface area contributed by atoms with Gasteiger partial charge in [-0.3, -0.25) is 4.99 Å². The van der Waals surface area contributed by atoms with Crippen molar-refractivity contribution in [3.8, 4) is 0 Å². The summed E-state index contributed by atoms with van der Waals surface area (Å²) in [5, 5.41) is 11.6. The molecule has 1 unspecified atom stereocenters. The number of guanidine groups is 1. The van der Waals surface area contributed by atoms with Crippen LogP contribution in [0.1, 0.15) is 31.8 Å². The Morgan fingerprint density at radius 3 is 2.48 bits per heavy atom. The molecule has 1 aliphatic rings. The molecule has 1 aromatic carbocycles. The Morgan fingerprint density at radius 1 is 1.24 bits per heavy atom. The molecule has 0 spiro atoms. The van der Waals surface area contributed by atoms with Crippen LogP contribution in [0.2, 0.25) is 0 Å². The van der Waals surface area contributed by atoms with Gasteiger partial charge in [0.05, 0.1) is 6.54 Å². The van der Waals surface area contributed by atoms with Crippen LogP contribution in [0.25, 0.3) is 10.1 Å². The minimum absolute atomic E-state index is 0. The third-order valence-corrected chi connectivity index (χ3v) is 5.67. The summed E-state index contributed by atoms with van der Waals surface area (Å²) in [4.78, 5) is 21.0. The maximum Gasteiger partial charge on any atom is 0.410 e. The highest BCUT2D eigenvalue weighted by Crippen LogP contribution is 2.29. The average Bonchev–Trinajstić information content (AvgIpc) is 3.09. The molecule has 1 saturated heterocycles. The number of carbonyl (C=O) groups excluding carboxylic acids is 1. The molecule has 3 N–H and O–H groups in total. The number of nitrogens with two attached hydrogens (primary N) is 1. The topological polar surface area (TPSA) is 91.4 Å². The Balaban J connectivity index is 0.00000300. The van der Waals surface area contributed by atoms with Crippen molar-refractivity contribution in [1.29, 1.82) is 0 Å². The lowest BCUT2D eigenvalue weighted by molar-refractivity contribution is 0.0186. The molecule has 2 heterocycles. The van der Waals surface area contributed by atoms with E-state index in [-0.39, 0.29) is 36.6 Å². The van der Waals surface area contributed by atoms with Gasteiger partial charge < -0.3 is 25.4 Å². The van der Waals surface area contributed by atoms with E-state index in [1.165, 1.54) is 0 Å². The SMILES string of the molecule is CC(C)(C)OC(=O)N1CCN(C(N)=NCC(O)c2cc3ccccc3s2)CC1.I. The summed E-state index contributed by atoms with van der Waals surface area (Å²) in [5.74, 6) is 0.393. The van der Waals surface area contributed by atoms with Crippen LogP contribution < -0.4 is 5.73 Å². The number of benzene rings is 1. The van der Waals surface area contributed by atoms with E-state index in [4.69, 9.17) is 10.5 Å². The van der Waals surface area contributed by atoms with Crippen LogP contribution in [0.4, 0.5) is 4.79 Å². The molecule has 1 amide bonds. The number of hydrogen-bond donors (Lipinski definition) is 2. The van der Waals surface area contributed by atoms with Crippen molar-refractivity contribution in [2.45, 2.75) is 32.5 Å². The monoisotopic (exact) mass is 532 g/mol. The predicted molar refractivity (Wildman–Crippen MR) is 128 cm³/mol. The fourth-order valence-electron chi connectivity index (χ4n) is 2.98. The minimum Gasteiger partial charge on any atom is -0.444 e. The van der Waals surface area contributed by atoms with Gasteiger partial charge in [0.15, 0.2) is 5.96 Å². The quantitative estimate of drug-likeness (QED) is 0.359. The normalized spacial score (nSPS) is 16.5. The van der Waals surface area contributed by atoms with E-state index >= 15 is 0 Å². The summed E-state index contributed by atoms with van der Waals surface area (Å²) in [6.07, 6.45) is -0.984. The first-order valence-electron chi connectivity index (χ1n) is 9.42. The number of hydrogen-bond acceptors (Lipinski definition) is 5. The molecule has 0 saturated carbocycles. The molecule has 3 rings (SSSR count). The summed E-state index contributed by atoms with van der Waals surface area (Å²) in [6.45, 7) is 8.02. The molecular formula is C20H29IN4O3S. The number of nitrogens with zero attached hydrogens (tertiary/aromatic N) is 3. The molecule has 0 radical (unpaired) electrons. The maximum atomic E-state index is 12.1. The summed E-state index contributed by atoms with van der Waals surface area (Å²) >= 11 is 1.57. The summed E-state index contributed by atoms with van der Waals surface area (Å²) < 4.78 is 6.55. The average molecular weight is 532 g/mol. The third kappa shape index (κ3) is 6.45. The van der Waals surface area contributed by atoms with Gasteiger partial charge in [0.1, 0.15) is 11.7 Å². The molecule has 7 nitrogen and oxygen atoms in total. The molecule has 1 aromatic heterocycles. The third-order valence-electron chi connectivity index (χ3n) is 4.45. The second-order valence-electron chi connectivity index (χ2n) is 7.86. The Hall–Kier alpha value is -1.59. The highest BCUT2D eigenvalue weighted by Gasteiger charge is 2.26. The van der Waals surface area contributed by atoms with E-state index in [2.05, 4.69) is 4.99 Å². The summed E-state index contributed by atoms with van der Waals surface area (Å²) in [7, 11) is 0. The zero-order valence-corrected chi connectivity index (χ0v) is 20.1. The first kappa shape index (κ1) is 23.7.